The third kappa shape index (κ3) is 2.32. The second-order valence-corrected chi connectivity index (χ2v) is 6.94. The molecule has 112 valence electrons. The van der Waals surface area contributed by atoms with Crippen LogP contribution in [0.2, 0.25) is 0 Å². The summed E-state index contributed by atoms with van der Waals surface area (Å²) in [5.41, 5.74) is 2.80. The van der Waals surface area contributed by atoms with Crippen LogP contribution in [0, 0.1) is 13.8 Å². The molecule has 1 aliphatic heterocycles. The molecule has 0 atom stereocenters. The number of hydrogen-bond acceptors (Lipinski definition) is 4. The van der Waals surface area contributed by atoms with Crippen LogP contribution in [-0.4, -0.2) is 31.7 Å². The summed E-state index contributed by atoms with van der Waals surface area (Å²) >= 11 is 0. The maximum atomic E-state index is 13.0. The number of H-pyrrole nitrogens is 1. The first-order valence-corrected chi connectivity index (χ1v) is 8.29. The molecule has 2 heterocycles. The fraction of sp³-hybridized carbons (Fsp3) is 0.357. The minimum atomic E-state index is -3.62. The number of nitrogens with one attached hydrogen (secondary N) is 2. The van der Waals surface area contributed by atoms with Crippen molar-refractivity contribution in [2.45, 2.75) is 25.3 Å². The first-order valence-electron chi connectivity index (χ1n) is 6.85. The van der Waals surface area contributed by atoms with Gasteiger partial charge in [-0.1, -0.05) is 18.2 Å². The number of nitrogens with zero attached hydrogens (tertiary/aromatic N) is 2. The van der Waals surface area contributed by atoms with E-state index in [1.165, 1.54) is 4.31 Å². The van der Waals surface area contributed by atoms with Gasteiger partial charge in [0.25, 0.3) is 10.0 Å². The van der Waals surface area contributed by atoms with Crippen molar-refractivity contribution in [2.75, 3.05) is 17.4 Å². The van der Waals surface area contributed by atoms with E-state index in [2.05, 4.69) is 15.5 Å². The molecule has 1 aromatic carbocycles. The van der Waals surface area contributed by atoms with Crippen LogP contribution in [0.5, 0.6) is 0 Å². The summed E-state index contributed by atoms with van der Waals surface area (Å²) in [6, 6.07) is 7.59. The highest BCUT2D eigenvalue weighted by molar-refractivity contribution is 7.93. The van der Waals surface area contributed by atoms with Crippen molar-refractivity contribution in [1.82, 2.24) is 15.5 Å². The molecule has 0 saturated carbocycles. The van der Waals surface area contributed by atoms with Gasteiger partial charge in [-0.05, 0) is 25.5 Å². The van der Waals surface area contributed by atoms with Gasteiger partial charge in [0.1, 0.15) is 4.90 Å². The van der Waals surface area contributed by atoms with Crippen molar-refractivity contribution in [3.05, 3.63) is 41.2 Å². The number of hydrogen-bond donors (Lipinski definition) is 2. The lowest BCUT2D eigenvalue weighted by atomic mass is 10.2. The van der Waals surface area contributed by atoms with Gasteiger partial charge in [-0.15, -0.1) is 0 Å². The van der Waals surface area contributed by atoms with Gasteiger partial charge < -0.3 is 5.32 Å². The summed E-state index contributed by atoms with van der Waals surface area (Å²) in [6.45, 7) is 5.13. The monoisotopic (exact) mass is 306 g/mol. The first-order chi connectivity index (χ1) is 10.0. The van der Waals surface area contributed by atoms with Crippen LogP contribution in [-0.2, 0) is 16.6 Å². The number of rotatable bonds is 2. The van der Waals surface area contributed by atoms with Gasteiger partial charge in [-0.2, -0.15) is 5.10 Å². The smallest absolute Gasteiger partial charge is 0.268 e. The van der Waals surface area contributed by atoms with Crippen LogP contribution in [0.1, 0.15) is 17.0 Å². The summed E-state index contributed by atoms with van der Waals surface area (Å²) < 4.78 is 27.6. The summed E-state index contributed by atoms with van der Waals surface area (Å²) in [4.78, 5) is 0.277. The third-order valence-corrected chi connectivity index (χ3v) is 5.75. The second-order valence-electron chi connectivity index (χ2n) is 5.15. The average Bonchev–Trinajstić information content (AvgIpc) is 2.68. The predicted molar refractivity (Wildman–Crippen MR) is 80.7 cm³/mol. The van der Waals surface area contributed by atoms with Crippen molar-refractivity contribution >= 4 is 15.7 Å². The Kier molecular flexibility index (Phi) is 3.46. The lowest BCUT2D eigenvalue weighted by Gasteiger charge is -2.24. The highest BCUT2D eigenvalue weighted by Gasteiger charge is 2.31. The topological polar surface area (TPSA) is 78.1 Å². The number of anilines is 1. The standard InChI is InChI=1S/C14H18N4O2S/c1-10-14(11(2)17-16-10)21(19,20)18-8-7-15-9-12-5-3-4-6-13(12)18/h3-6,15H,7-9H2,1-2H3,(H,16,17). The summed E-state index contributed by atoms with van der Waals surface area (Å²) in [6.07, 6.45) is 0. The molecular weight excluding hydrogens is 288 g/mol. The van der Waals surface area contributed by atoms with Crippen LogP contribution in [0.15, 0.2) is 29.2 Å². The van der Waals surface area contributed by atoms with Crippen molar-refractivity contribution in [3.63, 3.8) is 0 Å². The minimum absolute atomic E-state index is 0.277. The second kappa shape index (κ2) is 5.16. The van der Waals surface area contributed by atoms with Crippen LogP contribution in [0.3, 0.4) is 0 Å². The molecule has 0 saturated heterocycles. The van der Waals surface area contributed by atoms with E-state index in [4.69, 9.17) is 0 Å². The van der Waals surface area contributed by atoms with E-state index in [0.717, 1.165) is 11.3 Å². The van der Waals surface area contributed by atoms with E-state index in [1.807, 2.05) is 24.3 Å². The summed E-state index contributed by atoms with van der Waals surface area (Å²) in [7, 11) is -3.62. The van der Waals surface area contributed by atoms with Gasteiger partial charge in [-0.25, -0.2) is 8.42 Å². The Morgan fingerprint density at radius 3 is 2.71 bits per heavy atom. The molecule has 0 amide bonds. The Morgan fingerprint density at radius 1 is 1.24 bits per heavy atom. The molecule has 0 unspecified atom stereocenters. The van der Waals surface area contributed by atoms with Crippen molar-refractivity contribution in [1.29, 1.82) is 0 Å². The lowest BCUT2D eigenvalue weighted by molar-refractivity contribution is 0.588. The fourth-order valence-corrected chi connectivity index (χ4v) is 4.55. The SMILES string of the molecule is Cc1n[nH]c(C)c1S(=O)(=O)N1CCNCc2ccccc21. The van der Waals surface area contributed by atoms with Gasteiger partial charge in [-0.3, -0.25) is 9.40 Å². The Bertz CT molecular complexity index is 748. The van der Waals surface area contributed by atoms with Gasteiger partial charge in [0, 0.05) is 19.6 Å². The number of aromatic nitrogens is 2. The molecule has 3 rings (SSSR count). The molecule has 7 heteroatoms. The van der Waals surface area contributed by atoms with Gasteiger partial charge in [0.05, 0.1) is 17.1 Å². The zero-order valence-electron chi connectivity index (χ0n) is 12.0. The minimum Gasteiger partial charge on any atom is -0.311 e. The highest BCUT2D eigenvalue weighted by Crippen LogP contribution is 2.30. The lowest BCUT2D eigenvalue weighted by Crippen LogP contribution is -2.35. The Balaban J connectivity index is 2.16. The van der Waals surface area contributed by atoms with Crippen LogP contribution in [0.25, 0.3) is 0 Å². The zero-order valence-corrected chi connectivity index (χ0v) is 12.9. The number of para-hydroxylation sites is 1. The van der Waals surface area contributed by atoms with E-state index in [1.54, 1.807) is 13.8 Å². The molecule has 2 aromatic rings. The average molecular weight is 306 g/mol. The Hall–Kier alpha value is -1.86. The summed E-state index contributed by atoms with van der Waals surface area (Å²) in [5, 5.41) is 10.0. The maximum Gasteiger partial charge on any atom is 0.268 e. The molecule has 1 aromatic heterocycles. The van der Waals surface area contributed by atoms with E-state index in [9.17, 15) is 8.42 Å². The van der Waals surface area contributed by atoms with Crippen LogP contribution in [0.4, 0.5) is 5.69 Å². The molecule has 0 fully saturated rings. The third-order valence-electron chi connectivity index (χ3n) is 3.68. The maximum absolute atomic E-state index is 13.0. The van der Waals surface area contributed by atoms with E-state index in [0.29, 0.717) is 31.0 Å². The van der Waals surface area contributed by atoms with E-state index >= 15 is 0 Å². The van der Waals surface area contributed by atoms with Crippen LogP contribution < -0.4 is 9.62 Å². The van der Waals surface area contributed by atoms with Crippen molar-refractivity contribution < 1.29 is 8.42 Å². The number of benzene rings is 1. The molecule has 0 radical (unpaired) electrons. The molecule has 0 bridgehead atoms. The van der Waals surface area contributed by atoms with Gasteiger partial charge >= 0.3 is 0 Å². The molecule has 6 nitrogen and oxygen atoms in total. The number of aryl methyl sites for hydroxylation is 2. The number of sulfonamides is 1. The normalized spacial score (nSPS) is 15.6. The largest absolute Gasteiger partial charge is 0.311 e. The van der Waals surface area contributed by atoms with Gasteiger partial charge in [0.2, 0.25) is 0 Å². The van der Waals surface area contributed by atoms with E-state index < -0.39 is 10.0 Å². The highest BCUT2D eigenvalue weighted by atomic mass is 32.2. The molecular formula is C14H18N4O2S. The molecule has 21 heavy (non-hydrogen) atoms. The molecule has 0 spiro atoms. The number of fused-ring (bicyclic) bond motifs is 1. The first kappa shape index (κ1) is 14.1. The summed E-state index contributed by atoms with van der Waals surface area (Å²) in [5.74, 6) is 0. The zero-order chi connectivity index (χ0) is 15.0. The number of aromatic amines is 1. The Morgan fingerprint density at radius 2 is 2.00 bits per heavy atom. The molecule has 1 aliphatic rings. The predicted octanol–water partition coefficient (Wildman–Crippen LogP) is 1.33. The Labute approximate surface area is 124 Å². The quantitative estimate of drug-likeness (QED) is 0.877. The van der Waals surface area contributed by atoms with Crippen LogP contribution >= 0.6 is 0 Å². The van der Waals surface area contributed by atoms with Gasteiger partial charge in [0.15, 0.2) is 0 Å². The molecule has 0 aliphatic carbocycles. The van der Waals surface area contributed by atoms with E-state index in [-0.39, 0.29) is 4.90 Å². The van der Waals surface area contributed by atoms with Crippen molar-refractivity contribution in [3.8, 4) is 0 Å². The fourth-order valence-electron chi connectivity index (χ4n) is 2.71. The van der Waals surface area contributed by atoms with Crippen molar-refractivity contribution in [2.24, 2.45) is 0 Å². The molecule has 2 N–H and O–H groups in total.